The van der Waals surface area contributed by atoms with E-state index in [1.807, 2.05) is 0 Å². The van der Waals surface area contributed by atoms with Crippen molar-refractivity contribution in [2.45, 2.75) is 13.5 Å². The summed E-state index contributed by atoms with van der Waals surface area (Å²) >= 11 is 0. The first-order chi connectivity index (χ1) is 9.10. The monoisotopic (exact) mass is 259 g/mol. The normalized spacial score (nSPS) is 10.3. The van der Waals surface area contributed by atoms with Crippen molar-refractivity contribution in [1.82, 2.24) is 0 Å². The van der Waals surface area contributed by atoms with Gasteiger partial charge in [0.1, 0.15) is 5.82 Å². The number of anilines is 1. The molecule has 4 heteroatoms. The van der Waals surface area contributed by atoms with Crippen LogP contribution in [-0.2, 0) is 6.61 Å². The van der Waals surface area contributed by atoms with Gasteiger partial charge in [0.15, 0.2) is 0 Å². The van der Waals surface area contributed by atoms with Crippen LogP contribution in [0.3, 0.4) is 0 Å². The molecule has 98 valence electrons. The summed E-state index contributed by atoms with van der Waals surface area (Å²) < 4.78 is 13.0. The second-order valence-electron chi connectivity index (χ2n) is 4.27. The Labute approximate surface area is 110 Å². The zero-order valence-corrected chi connectivity index (χ0v) is 10.5. The van der Waals surface area contributed by atoms with Gasteiger partial charge in [-0.25, -0.2) is 4.39 Å². The second kappa shape index (κ2) is 5.63. The fourth-order valence-corrected chi connectivity index (χ4v) is 1.72. The van der Waals surface area contributed by atoms with E-state index in [9.17, 15) is 9.18 Å². The van der Waals surface area contributed by atoms with Crippen molar-refractivity contribution in [2.24, 2.45) is 0 Å². The third-order valence-electron chi connectivity index (χ3n) is 2.84. The highest BCUT2D eigenvalue weighted by Crippen LogP contribution is 2.17. The summed E-state index contributed by atoms with van der Waals surface area (Å²) in [7, 11) is 0. The van der Waals surface area contributed by atoms with E-state index >= 15 is 0 Å². The van der Waals surface area contributed by atoms with E-state index in [-0.39, 0.29) is 18.3 Å². The largest absolute Gasteiger partial charge is 0.392 e. The maximum atomic E-state index is 13.0. The SMILES string of the molecule is Cc1cc(F)ccc1NC(=O)c1ccc(CO)cc1. The lowest BCUT2D eigenvalue weighted by Crippen LogP contribution is -2.12. The number of rotatable bonds is 3. The molecule has 1 amide bonds. The summed E-state index contributed by atoms with van der Waals surface area (Å²) in [5.74, 6) is -0.595. The van der Waals surface area contributed by atoms with E-state index in [0.717, 1.165) is 5.56 Å². The summed E-state index contributed by atoms with van der Waals surface area (Å²) in [6.45, 7) is 1.67. The van der Waals surface area contributed by atoms with Gasteiger partial charge in [-0.3, -0.25) is 4.79 Å². The quantitative estimate of drug-likeness (QED) is 0.890. The Morgan fingerprint density at radius 1 is 1.21 bits per heavy atom. The lowest BCUT2D eigenvalue weighted by Gasteiger charge is -2.08. The van der Waals surface area contributed by atoms with Gasteiger partial charge < -0.3 is 10.4 Å². The van der Waals surface area contributed by atoms with E-state index in [0.29, 0.717) is 16.8 Å². The molecule has 0 heterocycles. The van der Waals surface area contributed by atoms with Crippen molar-refractivity contribution in [2.75, 3.05) is 5.32 Å². The first-order valence-electron chi connectivity index (χ1n) is 5.87. The van der Waals surface area contributed by atoms with Gasteiger partial charge in [0.2, 0.25) is 0 Å². The highest BCUT2D eigenvalue weighted by molar-refractivity contribution is 6.04. The molecule has 0 aliphatic rings. The van der Waals surface area contributed by atoms with E-state index in [2.05, 4.69) is 5.32 Å². The van der Waals surface area contributed by atoms with Gasteiger partial charge in [0.25, 0.3) is 5.91 Å². The van der Waals surface area contributed by atoms with Crippen molar-refractivity contribution in [3.63, 3.8) is 0 Å². The van der Waals surface area contributed by atoms with Crippen LogP contribution < -0.4 is 5.32 Å². The van der Waals surface area contributed by atoms with Gasteiger partial charge in [0, 0.05) is 11.3 Å². The molecule has 0 spiro atoms. The Kier molecular flexibility index (Phi) is 3.92. The Hall–Kier alpha value is -2.20. The van der Waals surface area contributed by atoms with Crippen LogP contribution in [0.25, 0.3) is 0 Å². The van der Waals surface area contributed by atoms with E-state index in [4.69, 9.17) is 5.11 Å². The van der Waals surface area contributed by atoms with E-state index in [1.165, 1.54) is 18.2 Å². The van der Waals surface area contributed by atoms with Crippen LogP contribution in [0.4, 0.5) is 10.1 Å². The zero-order valence-electron chi connectivity index (χ0n) is 10.5. The molecule has 0 bridgehead atoms. The Morgan fingerprint density at radius 3 is 2.47 bits per heavy atom. The van der Waals surface area contributed by atoms with Gasteiger partial charge in [0.05, 0.1) is 6.61 Å². The molecule has 2 aromatic rings. The number of nitrogens with one attached hydrogen (secondary N) is 1. The number of carbonyl (C=O) groups is 1. The summed E-state index contributed by atoms with van der Waals surface area (Å²) in [4.78, 5) is 12.0. The van der Waals surface area contributed by atoms with Crippen molar-refractivity contribution in [1.29, 1.82) is 0 Å². The van der Waals surface area contributed by atoms with Crippen LogP contribution in [0.2, 0.25) is 0 Å². The number of hydrogen-bond acceptors (Lipinski definition) is 2. The molecule has 0 unspecified atom stereocenters. The molecule has 0 aromatic heterocycles. The number of aliphatic hydroxyl groups is 1. The first-order valence-corrected chi connectivity index (χ1v) is 5.87. The number of aliphatic hydroxyl groups excluding tert-OH is 1. The molecule has 2 aromatic carbocycles. The van der Waals surface area contributed by atoms with E-state index in [1.54, 1.807) is 31.2 Å². The molecule has 2 N–H and O–H groups in total. The molecule has 2 rings (SSSR count). The van der Waals surface area contributed by atoms with Gasteiger partial charge in [-0.2, -0.15) is 0 Å². The fourth-order valence-electron chi connectivity index (χ4n) is 1.72. The standard InChI is InChI=1S/C15H14FNO2/c1-10-8-13(16)6-7-14(10)17-15(19)12-4-2-11(9-18)3-5-12/h2-8,18H,9H2,1H3,(H,17,19). The van der Waals surface area contributed by atoms with Crippen LogP contribution in [0.1, 0.15) is 21.5 Å². The lowest BCUT2D eigenvalue weighted by molar-refractivity contribution is 0.102. The molecule has 0 saturated heterocycles. The molecule has 0 fully saturated rings. The van der Waals surface area contributed by atoms with Crippen LogP contribution in [0, 0.1) is 12.7 Å². The Morgan fingerprint density at radius 2 is 1.89 bits per heavy atom. The van der Waals surface area contributed by atoms with Crippen molar-refractivity contribution < 1.29 is 14.3 Å². The minimum atomic E-state index is -0.331. The second-order valence-corrected chi connectivity index (χ2v) is 4.27. The van der Waals surface area contributed by atoms with Gasteiger partial charge >= 0.3 is 0 Å². The summed E-state index contributed by atoms with van der Waals surface area (Å²) in [5, 5.41) is 11.7. The zero-order chi connectivity index (χ0) is 13.8. The van der Waals surface area contributed by atoms with Gasteiger partial charge in [-0.1, -0.05) is 12.1 Å². The van der Waals surface area contributed by atoms with Crippen molar-refractivity contribution in [3.05, 3.63) is 65.0 Å². The molecule has 3 nitrogen and oxygen atoms in total. The van der Waals surface area contributed by atoms with Crippen LogP contribution in [-0.4, -0.2) is 11.0 Å². The lowest BCUT2D eigenvalue weighted by atomic mass is 10.1. The minimum absolute atomic E-state index is 0.0566. The molecular weight excluding hydrogens is 245 g/mol. The fraction of sp³-hybridized carbons (Fsp3) is 0.133. The Bertz CT molecular complexity index is 594. The molecular formula is C15H14FNO2. The highest BCUT2D eigenvalue weighted by Gasteiger charge is 2.08. The van der Waals surface area contributed by atoms with Crippen LogP contribution in [0.15, 0.2) is 42.5 Å². The van der Waals surface area contributed by atoms with Crippen LogP contribution >= 0.6 is 0 Å². The highest BCUT2D eigenvalue weighted by atomic mass is 19.1. The van der Waals surface area contributed by atoms with Crippen LogP contribution in [0.5, 0.6) is 0 Å². The number of aryl methyl sites for hydroxylation is 1. The predicted molar refractivity (Wildman–Crippen MR) is 71.5 cm³/mol. The van der Waals surface area contributed by atoms with Crippen molar-refractivity contribution >= 4 is 11.6 Å². The summed E-state index contributed by atoms with van der Waals surface area (Å²) in [5.41, 5.74) is 2.48. The molecule has 0 aliphatic carbocycles. The Balaban J connectivity index is 2.15. The molecule has 0 radical (unpaired) electrons. The summed E-state index contributed by atoms with van der Waals surface area (Å²) in [6.07, 6.45) is 0. The smallest absolute Gasteiger partial charge is 0.255 e. The molecule has 0 aliphatic heterocycles. The average Bonchev–Trinajstić information content (AvgIpc) is 2.42. The number of benzene rings is 2. The topological polar surface area (TPSA) is 49.3 Å². The molecule has 19 heavy (non-hydrogen) atoms. The third-order valence-corrected chi connectivity index (χ3v) is 2.84. The van der Waals surface area contributed by atoms with E-state index < -0.39 is 0 Å². The molecule has 0 atom stereocenters. The number of hydrogen-bond donors (Lipinski definition) is 2. The maximum absolute atomic E-state index is 13.0. The number of amides is 1. The average molecular weight is 259 g/mol. The number of halogens is 1. The maximum Gasteiger partial charge on any atom is 0.255 e. The first kappa shape index (κ1) is 13.2. The number of carbonyl (C=O) groups excluding carboxylic acids is 1. The minimum Gasteiger partial charge on any atom is -0.392 e. The molecule has 0 saturated carbocycles. The van der Waals surface area contributed by atoms with Gasteiger partial charge in [-0.15, -0.1) is 0 Å². The summed E-state index contributed by atoms with van der Waals surface area (Å²) in [6, 6.07) is 10.9. The predicted octanol–water partition coefficient (Wildman–Crippen LogP) is 2.88. The van der Waals surface area contributed by atoms with Gasteiger partial charge in [-0.05, 0) is 48.4 Å². The van der Waals surface area contributed by atoms with Crippen molar-refractivity contribution in [3.8, 4) is 0 Å². The third kappa shape index (κ3) is 3.17.